The van der Waals surface area contributed by atoms with E-state index < -0.39 is 12.1 Å². The molecule has 2 amide bonds. The molecule has 0 unspecified atom stereocenters. The molecule has 1 atom stereocenters. The highest BCUT2D eigenvalue weighted by Gasteiger charge is 2.38. The van der Waals surface area contributed by atoms with Crippen molar-refractivity contribution in [3.63, 3.8) is 0 Å². The van der Waals surface area contributed by atoms with Gasteiger partial charge in [-0.3, -0.25) is 14.7 Å². The summed E-state index contributed by atoms with van der Waals surface area (Å²) in [6.45, 7) is 0.644. The van der Waals surface area contributed by atoms with Gasteiger partial charge in [0.1, 0.15) is 18.4 Å². The van der Waals surface area contributed by atoms with E-state index in [1.807, 2.05) is 30.3 Å². The lowest BCUT2D eigenvalue weighted by Gasteiger charge is -2.20. The number of aromatic nitrogens is 1. The summed E-state index contributed by atoms with van der Waals surface area (Å²) >= 11 is 0. The number of rotatable bonds is 6. The number of carbonyl (C=O) groups is 2. The summed E-state index contributed by atoms with van der Waals surface area (Å²) in [5, 5.41) is 2.84. The van der Waals surface area contributed by atoms with E-state index in [1.54, 1.807) is 25.4 Å². The third-order valence-electron chi connectivity index (χ3n) is 3.96. The average Bonchev–Trinajstić information content (AvgIpc) is 3.01. The number of hydrogen-bond acceptors (Lipinski definition) is 5. The lowest BCUT2D eigenvalue weighted by Crippen LogP contribution is -2.45. The van der Waals surface area contributed by atoms with Crippen molar-refractivity contribution in [3.05, 3.63) is 59.9 Å². The summed E-state index contributed by atoms with van der Waals surface area (Å²) in [6.07, 6.45) is 1.14. The number of carbonyl (C=O) groups excluding carboxylic acids is 2. The van der Waals surface area contributed by atoms with Gasteiger partial charge in [0.05, 0.1) is 19.3 Å². The lowest BCUT2D eigenvalue weighted by molar-refractivity contribution is -0.125. The molecule has 0 saturated carbocycles. The Morgan fingerprint density at radius 2 is 2.12 bits per heavy atom. The smallest absolute Gasteiger partial charge is 0.411 e. The highest BCUT2D eigenvalue weighted by atomic mass is 16.6. The van der Waals surface area contributed by atoms with Crippen molar-refractivity contribution in [3.8, 4) is 5.75 Å². The predicted octanol–water partition coefficient (Wildman–Crippen LogP) is 1.73. The van der Waals surface area contributed by atoms with Crippen molar-refractivity contribution in [2.45, 2.75) is 19.1 Å². The molecule has 0 spiro atoms. The van der Waals surface area contributed by atoms with Gasteiger partial charge in [0, 0.05) is 12.7 Å². The largest absolute Gasteiger partial charge is 0.497 e. The van der Waals surface area contributed by atoms with E-state index in [0.717, 1.165) is 11.3 Å². The second-order valence-electron chi connectivity index (χ2n) is 5.61. The lowest BCUT2D eigenvalue weighted by atomic mass is 10.2. The summed E-state index contributed by atoms with van der Waals surface area (Å²) in [4.78, 5) is 30.0. The van der Waals surface area contributed by atoms with Crippen LogP contribution in [0.25, 0.3) is 0 Å². The molecule has 1 aromatic carbocycles. The summed E-state index contributed by atoms with van der Waals surface area (Å²) < 4.78 is 10.1. The molecule has 2 heterocycles. The maximum Gasteiger partial charge on any atom is 0.411 e. The zero-order valence-corrected chi connectivity index (χ0v) is 13.8. The summed E-state index contributed by atoms with van der Waals surface area (Å²) in [5.41, 5.74) is 1.64. The first-order valence-electron chi connectivity index (χ1n) is 7.91. The maximum atomic E-state index is 12.5. The minimum absolute atomic E-state index is 0.0418. The number of pyridine rings is 1. The molecule has 1 saturated heterocycles. The molecule has 25 heavy (non-hydrogen) atoms. The number of nitrogens with zero attached hydrogens (tertiary/aromatic N) is 2. The Morgan fingerprint density at radius 3 is 2.80 bits per heavy atom. The van der Waals surface area contributed by atoms with Crippen LogP contribution < -0.4 is 10.1 Å². The molecule has 1 aliphatic heterocycles. The van der Waals surface area contributed by atoms with Gasteiger partial charge in [0.15, 0.2) is 0 Å². The number of benzene rings is 1. The van der Waals surface area contributed by atoms with E-state index in [2.05, 4.69) is 10.3 Å². The first-order valence-corrected chi connectivity index (χ1v) is 7.91. The molecular formula is C18H19N3O4. The monoisotopic (exact) mass is 341 g/mol. The Bertz CT molecular complexity index is 734. The number of methoxy groups -OCH3 is 1. The second-order valence-corrected chi connectivity index (χ2v) is 5.61. The van der Waals surface area contributed by atoms with E-state index in [-0.39, 0.29) is 19.1 Å². The highest BCUT2D eigenvalue weighted by molar-refractivity contribution is 5.87. The van der Waals surface area contributed by atoms with Crippen LogP contribution in [0.15, 0.2) is 48.7 Å². The van der Waals surface area contributed by atoms with Gasteiger partial charge < -0.3 is 14.8 Å². The molecule has 3 rings (SSSR count). The Balaban J connectivity index is 1.60. The van der Waals surface area contributed by atoms with Crippen LogP contribution in [0.3, 0.4) is 0 Å². The number of hydrogen-bond donors (Lipinski definition) is 1. The fourth-order valence-electron chi connectivity index (χ4n) is 2.56. The van der Waals surface area contributed by atoms with E-state index in [1.165, 1.54) is 4.90 Å². The predicted molar refractivity (Wildman–Crippen MR) is 89.8 cm³/mol. The third kappa shape index (κ3) is 4.06. The van der Waals surface area contributed by atoms with Crippen LogP contribution in [0.2, 0.25) is 0 Å². The SMILES string of the molecule is COc1ccc(CNC(=O)[C@@H]2COC(=O)N2Cc2ccccn2)cc1. The Kier molecular flexibility index (Phi) is 5.13. The van der Waals surface area contributed by atoms with Crippen LogP contribution >= 0.6 is 0 Å². The van der Waals surface area contributed by atoms with Gasteiger partial charge in [-0.2, -0.15) is 0 Å². The van der Waals surface area contributed by atoms with Crippen LogP contribution in [0.5, 0.6) is 5.75 Å². The van der Waals surface area contributed by atoms with Gasteiger partial charge in [-0.15, -0.1) is 0 Å². The molecule has 2 aromatic rings. The van der Waals surface area contributed by atoms with Crippen molar-refractivity contribution in [1.29, 1.82) is 0 Å². The molecular weight excluding hydrogens is 322 g/mol. The van der Waals surface area contributed by atoms with Gasteiger partial charge in [-0.25, -0.2) is 4.79 Å². The maximum absolute atomic E-state index is 12.5. The molecule has 0 aliphatic carbocycles. The number of amides is 2. The van der Waals surface area contributed by atoms with Gasteiger partial charge in [-0.1, -0.05) is 18.2 Å². The Morgan fingerprint density at radius 1 is 1.32 bits per heavy atom. The Hall–Kier alpha value is -3.09. The zero-order chi connectivity index (χ0) is 17.6. The van der Waals surface area contributed by atoms with Gasteiger partial charge in [0.25, 0.3) is 0 Å². The van der Waals surface area contributed by atoms with E-state index >= 15 is 0 Å². The molecule has 1 aromatic heterocycles. The first-order chi connectivity index (χ1) is 12.2. The minimum Gasteiger partial charge on any atom is -0.497 e. The fraction of sp³-hybridized carbons (Fsp3) is 0.278. The number of cyclic esters (lactones) is 1. The second kappa shape index (κ2) is 7.65. The van der Waals surface area contributed by atoms with Crippen molar-refractivity contribution in [2.24, 2.45) is 0 Å². The molecule has 0 radical (unpaired) electrons. The molecule has 130 valence electrons. The van der Waals surface area contributed by atoms with Crippen molar-refractivity contribution < 1.29 is 19.1 Å². The quantitative estimate of drug-likeness (QED) is 0.865. The molecule has 1 N–H and O–H groups in total. The van der Waals surface area contributed by atoms with E-state index in [4.69, 9.17) is 9.47 Å². The molecule has 7 nitrogen and oxygen atoms in total. The molecule has 0 bridgehead atoms. The number of nitrogens with one attached hydrogen (secondary N) is 1. The Labute approximate surface area is 145 Å². The van der Waals surface area contributed by atoms with E-state index in [0.29, 0.717) is 12.2 Å². The van der Waals surface area contributed by atoms with Crippen LogP contribution in [-0.4, -0.2) is 41.6 Å². The third-order valence-corrected chi connectivity index (χ3v) is 3.96. The van der Waals surface area contributed by atoms with Gasteiger partial charge >= 0.3 is 6.09 Å². The summed E-state index contributed by atoms with van der Waals surface area (Å²) in [6, 6.07) is 12.2. The van der Waals surface area contributed by atoms with Crippen molar-refractivity contribution in [2.75, 3.05) is 13.7 Å². The van der Waals surface area contributed by atoms with Gasteiger partial charge in [0.2, 0.25) is 5.91 Å². The van der Waals surface area contributed by atoms with Gasteiger partial charge in [-0.05, 0) is 29.8 Å². The highest BCUT2D eigenvalue weighted by Crippen LogP contribution is 2.16. The van der Waals surface area contributed by atoms with E-state index in [9.17, 15) is 9.59 Å². The zero-order valence-electron chi connectivity index (χ0n) is 13.8. The minimum atomic E-state index is -0.659. The fourth-order valence-corrected chi connectivity index (χ4v) is 2.56. The molecule has 1 fully saturated rings. The normalized spacial score (nSPS) is 16.4. The van der Waals surface area contributed by atoms with Crippen molar-refractivity contribution >= 4 is 12.0 Å². The summed E-state index contributed by atoms with van der Waals surface area (Å²) in [5.74, 6) is 0.504. The number of ether oxygens (including phenoxy) is 2. The van der Waals surface area contributed by atoms with Crippen LogP contribution in [0, 0.1) is 0 Å². The summed E-state index contributed by atoms with van der Waals surface area (Å²) in [7, 11) is 1.60. The van der Waals surface area contributed by atoms with Crippen molar-refractivity contribution in [1.82, 2.24) is 15.2 Å². The average molecular weight is 341 g/mol. The van der Waals surface area contributed by atoms with Crippen LogP contribution in [0.1, 0.15) is 11.3 Å². The first kappa shape index (κ1) is 16.8. The standard InChI is InChI=1S/C18H19N3O4/c1-24-15-7-5-13(6-8-15)10-20-17(22)16-12-25-18(23)21(16)11-14-4-2-3-9-19-14/h2-9,16H,10-12H2,1H3,(H,20,22)/t16-/m0/s1. The molecule has 1 aliphatic rings. The van der Waals surface area contributed by atoms with Crippen LogP contribution in [-0.2, 0) is 22.6 Å². The topological polar surface area (TPSA) is 80.8 Å². The van der Waals surface area contributed by atoms with Crippen LogP contribution in [0.4, 0.5) is 4.79 Å². The molecule has 7 heteroatoms.